The molecular weight excluding hydrogens is 269 g/mol. The summed E-state index contributed by atoms with van der Waals surface area (Å²) in [7, 11) is 0. The highest BCUT2D eigenvalue weighted by molar-refractivity contribution is 5.51. The van der Waals surface area contributed by atoms with Crippen molar-refractivity contribution in [1.29, 1.82) is 0 Å². The second-order valence-corrected chi connectivity index (χ2v) is 4.86. The molecule has 4 heteroatoms. The molecule has 2 aromatic carbocycles. The smallest absolute Gasteiger partial charge is 0.128 e. The SMILES string of the molecule is CCOc1ccc(NCc2cc(C)ccc2F)cc1CO. The summed E-state index contributed by atoms with van der Waals surface area (Å²) in [6.07, 6.45) is 0. The Balaban J connectivity index is 2.11. The number of ether oxygens (including phenoxy) is 1. The third kappa shape index (κ3) is 3.95. The summed E-state index contributed by atoms with van der Waals surface area (Å²) >= 11 is 0. The molecule has 0 saturated heterocycles. The molecule has 0 aliphatic carbocycles. The van der Waals surface area contributed by atoms with Crippen molar-refractivity contribution in [1.82, 2.24) is 0 Å². The standard InChI is InChI=1S/C17H20FNO2/c1-3-21-17-7-5-15(9-14(17)11-20)19-10-13-8-12(2)4-6-16(13)18/h4-9,19-20H,3,10-11H2,1-2H3. The number of hydrogen-bond donors (Lipinski definition) is 2. The summed E-state index contributed by atoms with van der Waals surface area (Å²) in [5.41, 5.74) is 3.18. The van der Waals surface area contributed by atoms with Crippen LogP contribution in [0.5, 0.6) is 5.75 Å². The molecule has 2 aromatic rings. The van der Waals surface area contributed by atoms with Crippen molar-refractivity contribution in [2.45, 2.75) is 27.0 Å². The van der Waals surface area contributed by atoms with Crippen molar-refractivity contribution in [3.63, 3.8) is 0 Å². The van der Waals surface area contributed by atoms with Gasteiger partial charge in [0.1, 0.15) is 11.6 Å². The van der Waals surface area contributed by atoms with E-state index in [0.717, 1.165) is 11.3 Å². The van der Waals surface area contributed by atoms with E-state index < -0.39 is 0 Å². The third-order valence-electron chi connectivity index (χ3n) is 3.21. The summed E-state index contributed by atoms with van der Waals surface area (Å²) < 4.78 is 19.1. The van der Waals surface area contributed by atoms with Gasteiger partial charge in [0, 0.05) is 23.4 Å². The Morgan fingerprint density at radius 2 is 1.95 bits per heavy atom. The van der Waals surface area contributed by atoms with Gasteiger partial charge in [-0.15, -0.1) is 0 Å². The Labute approximate surface area is 124 Å². The van der Waals surface area contributed by atoms with Crippen molar-refractivity contribution >= 4 is 5.69 Å². The normalized spacial score (nSPS) is 10.5. The van der Waals surface area contributed by atoms with E-state index in [2.05, 4.69) is 5.32 Å². The van der Waals surface area contributed by atoms with Crippen LogP contribution in [0.25, 0.3) is 0 Å². The lowest BCUT2D eigenvalue weighted by atomic mass is 10.1. The van der Waals surface area contributed by atoms with Gasteiger partial charge in [-0.3, -0.25) is 0 Å². The van der Waals surface area contributed by atoms with E-state index in [0.29, 0.717) is 30.0 Å². The van der Waals surface area contributed by atoms with Gasteiger partial charge >= 0.3 is 0 Å². The van der Waals surface area contributed by atoms with Crippen molar-refractivity contribution < 1.29 is 14.2 Å². The van der Waals surface area contributed by atoms with E-state index in [4.69, 9.17) is 4.74 Å². The number of hydrogen-bond acceptors (Lipinski definition) is 3. The largest absolute Gasteiger partial charge is 0.494 e. The monoisotopic (exact) mass is 289 g/mol. The van der Waals surface area contributed by atoms with Gasteiger partial charge in [-0.1, -0.05) is 17.7 Å². The average Bonchev–Trinajstić information content (AvgIpc) is 2.49. The quantitative estimate of drug-likeness (QED) is 0.853. The first-order valence-electron chi connectivity index (χ1n) is 6.99. The second-order valence-electron chi connectivity index (χ2n) is 4.86. The molecule has 0 heterocycles. The number of aliphatic hydroxyl groups is 1. The predicted octanol–water partition coefficient (Wildman–Crippen LogP) is 3.64. The minimum atomic E-state index is -0.221. The molecule has 0 saturated carbocycles. The van der Waals surface area contributed by atoms with Gasteiger partial charge in [0.2, 0.25) is 0 Å². The van der Waals surface area contributed by atoms with Crippen LogP contribution < -0.4 is 10.1 Å². The number of nitrogens with one attached hydrogen (secondary N) is 1. The Kier molecular flexibility index (Phi) is 5.17. The van der Waals surface area contributed by atoms with E-state index in [9.17, 15) is 9.50 Å². The number of anilines is 1. The minimum Gasteiger partial charge on any atom is -0.494 e. The van der Waals surface area contributed by atoms with Crippen LogP contribution in [-0.2, 0) is 13.2 Å². The van der Waals surface area contributed by atoms with Crippen LogP contribution in [0.15, 0.2) is 36.4 Å². The first-order chi connectivity index (χ1) is 10.1. The maximum absolute atomic E-state index is 13.7. The molecule has 112 valence electrons. The summed E-state index contributed by atoms with van der Waals surface area (Å²) in [6, 6.07) is 10.5. The fraction of sp³-hybridized carbons (Fsp3) is 0.294. The van der Waals surface area contributed by atoms with E-state index in [1.54, 1.807) is 6.07 Å². The van der Waals surface area contributed by atoms with Crippen LogP contribution in [0.2, 0.25) is 0 Å². The molecule has 0 radical (unpaired) electrons. The highest BCUT2D eigenvalue weighted by Crippen LogP contribution is 2.23. The van der Waals surface area contributed by atoms with Crippen LogP contribution in [-0.4, -0.2) is 11.7 Å². The summed E-state index contributed by atoms with van der Waals surface area (Å²) in [5.74, 6) is 0.453. The molecule has 2 N–H and O–H groups in total. The zero-order chi connectivity index (χ0) is 15.2. The summed E-state index contributed by atoms with van der Waals surface area (Å²) in [4.78, 5) is 0. The summed E-state index contributed by atoms with van der Waals surface area (Å²) in [6.45, 7) is 4.68. The zero-order valence-corrected chi connectivity index (χ0v) is 12.3. The van der Waals surface area contributed by atoms with E-state index in [1.165, 1.54) is 6.07 Å². The highest BCUT2D eigenvalue weighted by atomic mass is 19.1. The van der Waals surface area contributed by atoms with Crippen molar-refractivity contribution in [3.8, 4) is 5.75 Å². The average molecular weight is 289 g/mol. The summed E-state index contributed by atoms with van der Waals surface area (Å²) in [5, 5.41) is 12.5. The molecule has 0 bridgehead atoms. The van der Waals surface area contributed by atoms with Crippen LogP contribution >= 0.6 is 0 Å². The molecule has 0 aliphatic heterocycles. The topological polar surface area (TPSA) is 41.5 Å². The Hall–Kier alpha value is -2.07. The van der Waals surface area contributed by atoms with E-state index in [-0.39, 0.29) is 12.4 Å². The molecule has 0 aromatic heterocycles. The van der Waals surface area contributed by atoms with Gasteiger partial charge < -0.3 is 15.2 Å². The van der Waals surface area contributed by atoms with Crippen LogP contribution in [0, 0.1) is 12.7 Å². The molecule has 0 spiro atoms. The van der Waals surface area contributed by atoms with Crippen LogP contribution in [0.1, 0.15) is 23.6 Å². The Bertz CT molecular complexity index is 614. The number of aliphatic hydroxyl groups excluding tert-OH is 1. The lowest BCUT2D eigenvalue weighted by molar-refractivity contribution is 0.267. The molecular formula is C17H20FNO2. The number of rotatable bonds is 6. The van der Waals surface area contributed by atoms with Gasteiger partial charge in [-0.05, 0) is 38.1 Å². The second kappa shape index (κ2) is 7.09. The fourth-order valence-corrected chi connectivity index (χ4v) is 2.15. The van der Waals surface area contributed by atoms with Gasteiger partial charge in [0.05, 0.1) is 13.2 Å². The number of benzene rings is 2. The lowest BCUT2D eigenvalue weighted by Crippen LogP contribution is -2.04. The minimum absolute atomic E-state index is 0.0936. The van der Waals surface area contributed by atoms with Gasteiger partial charge in [-0.2, -0.15) is 0 Å². The van der Waals surface area contributed by atoms with Crippen molar-refractivity contribution in [2.75, 3.05) is 11.9 Å². The van der Waals surface area contributed by atoms with Crippen LogP contribution in [0.4, 0.5) is 10.1 Å². The molecule has 0 amide bonds. The zero-order valence-electron chi connectivity index (χ0n) is 12.3. The highest BCUT2D eigenvalue weighted by Gasteiger charge is 2.06. The number of halogens is 1. The lowest BCUT2D eigenvalue weighted by Gasteiger charge is -2.12. The Morgan fingerprint density at radius 3 is 2.67 bits per heavy atom. The Morgan fingerprint density at radius 1 is 1.14 bits per heavy atom. The molecule has 0 fully saturated rings. The molecule has 3 nitrogen and oxygen atoms in total. The van der Waals surface area contributed by atoms with Crippen molar-refractivity contribution in [3.05, 3.63) is 58.9 Å². The molecule has 2 rings (SSSR count). The molecule has 0 aliphatic rings. The van der Waals surface area contributed by atoms with Crippen LogP contribution in [0.3, 0.4) is 0 Å². The molecule has 0 atom stereocenters. The molecule has 0 unspecified atom stereocenters. The number of aryl methyl sites for hydroxylation is 1. The van der Waals surface area contributed by atoms with Crippen molar-refractivity contribution in [2.24, 2.45) is 0 Å². The van der Waals surface area contributed by atoms with E-state index >= 15 is 0 Å². The fourth-order valence-electron chi connectivity index (χ4n) is 2.15. The van der Waals surface area contributed by atoms with Gasteiger partial charge in [-0.25, -0.2) is 4.39 Å². The van der Waals surface area contributed by atoms with E-state index in [1.807, 2.05) is 38.1 Å². The molecule has 21 heavy (non-hydrogen) atoms. The third-order valence-corrected chi connectivity index (χ3v) is 3.21. The first-order valence-corrected chi connectivity index (χ1v) is 6.99. The van der Waals surface area contributed by atoms with Gasteiger partial charge in [0.15, 0.2) is 0 Å². The predicted molar refractivity (Wildman–Crippen MR) is 82.0 cm³/mol. The van der Waals surface area contributed by atoms with Gasteiger partial charge in [0.25, 0.3) is 0 Å². The maximum Gasteiger partial charge on any atom is 0.128 e. The maximum atomic E-state index is 13.7. The first kappa shape index (κ1) is 15.3.